The quantitative estimate of drug-likeness (QED) is 0.705. The zero-order valence-electron chi connectivity index (χ0n) is 13.3. The van der Waals surface area contributed by atoms with Gasteiger partial charge in [-0.2, -0.15) is 0 Å². The molecule has 0 aliphatic rings. The summed E-state index contributed by atoms with van der Waals surface area (Å²) in [5.41, 5.74) is 1.28. The van der Waals surface area contributed by atoms with E-state index in [2.05, 4.69) is 15.3 Å². The third kappa shape index (κ3) is 3.45. The van der Waals surface area contributed by atoms with Gasteiger partial charge in [0.2, 0.25) is 5.91 Å². The number of aryl methyl sites for hydroxylation is 1. The highest BCUT2D eigenvalue weighted by Crippen LogP contribution is 2.05. The number of rotatable bonds is 5. The molecule has 0 aliphatic carbocycles. The highest BCUT2D eigenvalue weighted by molar-refractivity contribution is 5.77. The number of carbonyl (C=O) groups is 1. The SMILES string of the molecule is CN(Cc1cccnc1)C(=O)CCn1nnc2ccccc2c1=O. The molecule has 0 spiro atoms. The van der Waals surface area contributed by atoms with E-state index < -0.39 is 0 Å². The Bertz CT molecular complexity index is 908. The minimum absolute atomic E-state index is 0.0688. The number of hydrogen-bond donors (Lipinski definition) is 0. The van der Waals surface area contributed by atoms with Gasteiger partial charge in [0.1, 0.15) is 5.52 Å². The molecule has 2 aromatic heterocycles. The normalized spacial score (nSPS) is 10.7. The Balaban J connectivity index is 1.66. The fourth-order valence-corrected chi connectivity index (χ4v) is 2.42. The predicted octanol–water partition coefficient (Wildman–Crippen LogP) is 1.24. The summed E-state index contributed by atoms with van der Waals surface area (Å²) in [6, 6.07) is 10.8. The molecular weight excluding hydrogens is 306 g/mol. The highest BCUT2D eigenvalue weighted by Gasteiger charge is 2.11. The Morgan fingerprint density at radius 2 is 2.04 bits per heavy atom. The lowest BCUT2D eigenvalue weighted by Crippen LogP contribution is -2.30. The number of amides is 1. The van der Waals surface area contributed by atoms with Crippen molar-refractivity contribution in [2.75, 3.05) is 7.05 Å². The number of carbonyl (C=O) groups excluding carboxylic acids is 1. The number of nitrogens with zero attached hydrogens (tertiary/aromatic N) is 5. The van der Waals surface area contributed by atoms with E-state index in [1.807, 2.05) is 12.1 Å². The van der Waals surface area contributed by atoms with Crippen molar-refractivity contribution in [2.45, 2.75) is 19.5 Å². The number of fused-ring (bicyclic) bond motifs is 1. The maximum atomic E-state index is 12.3. The van der Waals surface area contributed by atoms with E-state index in [0.29, 0.717) is 17.4 Å². The first-order chi connectivity index (χ1) is 11.6. The smallest absolute Gasteiger partial charge is 0.277 e. The molecule has 0 saturated carbocycles. The summed E-state index contributed by atoms with van der Waals surface area (Å²) in [6.45, 7) is 0.678. The van der Waals surface area contributed by atoms with Gasteiger partial charge in [-0.25, -0.2) is 4.68 Å². The molecule has 0 fully saturated rings. The van der Waals surface area contributed by atoms with Crippen LogP contribution in [0.4, 0.5) is 0 Å². The van der Waals surface area contributed by atoms with E-state index in [4.69, 9.17) is 0 Å². The van der Waals surface area contributed by atoms with Gasteiger partial charge >= 0.3 is 0 Å². The van der Waals surface area contributed by atoms with Gasteiger partial charge in [-0.3, -0.25) is 14.6 Å². The summed E-state index contributed by atoms with van der Waals surface area (Å²) in [5, 5.41) is 8.41. The number of hydrogen-bond acceptors (Lipinski definition) is 5. The monoisotopic (exact) mass is 323 g/mol. The zero-order chi connectivity index (χ0) is 16.9. The molecule has 0 unspecified atom stereocenters. The first-order valence-electron chi connectivity index (χ1n) is 7.60. The average molecular weight is 323 g/mol. The second kappa shape index (κ2) is 6.99. The third-order valence-electron chi connectivity index (χ3n) is 3.74. The van der Waals surface area contributed by atoms with Crippen LogP contribution in [0.5, 0.6) is 0 Å². The third-order valence-corrected chi connectivity index (χ3v) is 3.74. The lowest BCUT2D eigenvalue weighted by Gasteiger charge is -2.17. The van der Waals surface area contributed by atoms with E-state index in [0.717, 1.165) is 5.56 Å². The Hall–Kier alpha value is -3.09. The largest absolute Gasteiger partial charge is 0.341 e. The molecule has 3 aromatic rings. The standard InChI is InChI=1S/C17H17N5O2/c1-21(12-13-5-4-9-18-11-13)16(23)8-10-22-17(24)14-6-2-3-7-15(14)19-20-22/h2-7,9,11H,8,10,12H2,1H3. The van der Waals surface area contributed by atoms with Gasteiger partial charge in [-0.1, -0.05) is 23.4 Å². The second-order valence-electron chi connectivity index (χ2n) is 5.50. The molecule has 2 heterocycles. The van der Waals surface area contributed by atoms with Crippen LogP contribution in [0.25, 0.3) is 10.9 Å². The van der Waals surface area contributed by atoms with E-state index in [9.17, 15) is 9.59 Å². The fourth-order valence-electron chi connectivity index (χ4n) is 2.42. The first kappa shape index (κ1) is 15.8. The highest BCUT2D eigenvalue weighted by atomic mass is 16.2. The van der Waals surface area contributed by atoms with Crippen molar-refractivity contribution < 1.29 is 4.79 Å². The maximum Gasteiger partial charge on any atom is 0.277 e. The topological polar surface area (TPSA) is 81.0 Å². The molecule has 1 aromatic carbocycles. The summed E-state index contributed by atoms with van der Waals surface area (Å²) in [7, 11) is 1.73. The first-order valence-corrected chi connectivity index (χ1v) is 7.60. The zero-order valence-corrected chi connectivity index (χ0v) is 13.3. The van der Waals surface area contributed by atoms with Crippen molar-refractivity contribution in [1.29, 1.82) is 0 Å². The van der Waals surface area contributed by atoms with Crippen LogP contribution in [0.15, 0.2) is 53.6 Å². The van der Waals surface area contributed by atoms with Crippen LogP contribution in [0.1, 0.15) is 12.0 Å². The van der Waals surface area contributed by atoms with Gasteiger partial charge < -0.3 is 4.90 Å². The molecule has 122 valence electrons. The molecule has 0 N–H and O–H groups in total. The van der Waals surface area contributed by atoms with Crippen molar-refractivity contribution in [2.24, 2.45) is 0 Å². The summed E-state index contributed by atoms with van der Waals surface area (Å²) in [4.78, 5) is 30.2. The predicted molar refractivity (Wildman–Crippen MR) is 89.1 cm³/mol. The molecule has 7 heteroatoms. The van der Waals surface area contributed by atoms with E-state index in [1.165, 1.54) is 4.68 Å². The molecule has 0 saturated heterocycles. The Morgan fingerprint density at radius 1 is 1.21 bits per heavy atom. The van der Waals surface area contributed by atoms with Crippen molar-refractivity contribution in [3.05, 3.63) is 64.7 Å². The van der Waals surface area contributed by atoms with E-state index in [-0.39, 0.29) is 24.4 Å². The van der Waals surface area contributed by atoms with Crippen molar-refractivity contribution >= 4 is 16.8 Å². The van der Waals surface area contributed by atoms with Crippen molar-refractivity contribution in [1.82, 2.24) is 24.9 Å². The lowest BCUT2D eigenvalue weighted by atomic mass is 10.2. The maximum absolute atomic E-state index is 12.3. The number of aromatic nitrogens is 4. The van der Waals surface area contributed by atoms with Crippen LogP contribution < -0.4 is 5.56 Å². The Labute approximate surface area is 138 Å². The van der Waals surface area contributed by atoms with Gasteiger partial charge in [-0.05, 0) is 23.8 Å². The summed E-state index contributed by atoms with van der Waals surface area (Å²) in [6.07, 6.45) is 3.60. The van der Waals surface area contributed by atoms with Crippen LogP contribution in [0.3, 0.4) is 0 Å². The molecular formula is C17H17N5O2. The molecule has 24 heavy (non-hydrogen) atoms. The molecule has 0 aliphatic heterocycles. The summed E-state index contributed by atoms with van der Waals surface area (Å²) < 4.78 is 1.23. The minimum Gasteiger partial charge on any atom is -0.341 e. The van der Waals surface area contributed by atoms with Crippen LogP contribution in [0.2, 0.25) is 0 Å². The summed E-state index contributed by atoms with van der Waals surface area (Å²) in [5.74, 6) is -0.0688. The van der Waals surface area contributed by atoms with Crippen LogP contribution in [-0.2, 0) is 17.9 Å². The second-order valence-corrected chi connectivity index (χ2v) is 5.50. The molecule has 1 amide bonds. The van der Waals surface area contributed by atoms with Crippen LogP contribution in [0, 0.1) is 0 Å². The van der Waals surface area contributed by atoms with E-state index in [1.54, 1.807) is 48.6 Å². The lowest BCUT2D eigenvalue weighted by molar-refractivity contribution is -0.130. The molecule has 0 bridgehead atoms. The van der Waals surface area contributed by atoms with Gasteiger partial charge in [0, 0.05) is 32.4 Å². The number of benzene rings is 1. The molecule has 7 nitrogen and oxygen atoms in total. The fraction of sp³-hybridized carbons (Fsp3) is 0.235. The van der Waals surface area contributed by atoms with Crippen molar-refractivity contribution in [3.8, 4) is 0 Å². The van der Waals surface area contributed by atoms with Crippen molar-refractivity contribution in [3.63, 3.8) is 0 Å². The molecule has 0 radical (unpaired) electrons. The van der Waals surface area contributed by atoms with Gasteiger partial charge in [0.25, 0.3) is 5.56 Å². The van der Waals surface area contributed by atoms with Gasteiger partial charge in [-0.15, -0.1) is 5.10 Å². The molecule has 0 atom stereocenters. The van der Waals surface area contributed by atoms with Gasteiger partial charge in [0.05, 0.1) is 11.9 Å². The molecule has 3 rings (SSSR count). The Kier molecular flexibility index (Phi) is 4.60. The number of pyridine rings is 1. The van der Waals surface area contributed by atoms with E-state index >= 15 is 0 Å². The summed E-state index contributed by atoms with van der Waals surface area (Å²) >= 11 is 0. The average Bonchev–Trinajstić information content (AvgIpc) is 2.62. The minimum atomic E-state index is -0.233. The van der Waals surface area contributed by atoms with Gasteiger partial charge in [0.15, 0.2) is 0 Å². The Morgan fingerprint density at radius 3 is 2.83 bits per heavy atom. The van der Waals surface area contributed by atoms with Crippen LogP contribution in [-0.4, -0.2) is 37.8 Å². The van der Waals surface area contributed by atoms with Crippen LogP contribution >= 0.6 is 0 Å².